The molecule has 1 unspecified atom stereocenters. The third-order valence-corrected chi connectivity index (χ3v) is 0.514. The predicted octanol–water partition coefficient (Wildman–Crippen LogP) is -1.61. The van der Waals surface area contributed by atoms with Crippen molar-refractivity contribution in [3.63, 3.8) is 0 Å². The zero-order valence-corrected chi connectivity index (χ0v) is 3.66. The minimum absolute atomic E-state index is 0.505. The summed E-state index contributed by atoms with van der Waals surface area (Å²) in [4.78, 5) is 9.65. The molecular weight excluding hydrogens is 97.0 g/mol. The lowest BCUT2D eigenvalue weighted by atomic mass is 10.0. The normalized spacial score (nSPS) is 13.4. The van der Waals surface area contributed by atoms with E-state index in [0.29, 0.717) is 0 Å². The highest BCUT2D eigenvalue weighted by Gasteiger charge is 2.06. The van der Waals surface area contributed by atoms with E-state index in [0.717, 1.165) is 0 Å². The Balaban J connectivity index is 3.34. The molecule has 0 fully saturated rings. The number of aliphatic hydroxyl groups is 1. The van der Waals surface area contributed by atoms with Gasteiger partial charge in [-0.2, -0.15) is 0 Å². The quantitative estimate of drug-likeness (QED) is 0.393. The van der Waals surface area contributed by atoms with E-state index in [2.05, 4.69) is 0 Å². The molecule has 42 valence electrons. The van der Waals surface area contributed by atoms with Crippen LogP contribution in [0.15, 0.2) is 0 Å². The van der Waals surface area contributed by atoms with Crippen molar-refractivity contribution in [1.82, 2.24) is 0 Å². The molecule has 4 nitrogen and oxygen atoms in total. The van der Waals surface area contributed by atoms with Crippen LogP contribution in [0.1, 0.15) is 0 Å². The van der Waals surface area contributed by atoms with Crippen molar-refractivity contribution in [3.8, 4) is 0 Å². The summed E-state index contributed by atoms with van der Waals surface area (Å²) in [5, 5.41) is 15.9. The minimum Gasteiger partial charge on any atom is -0.480 e. The molecular formula is C3H7NO3. The van der Waals surface area contributed by atoms with Gasteiger partial charge in [0.05, 0.1) is 6.61 Å². The molecule has 0 bridgehead atoms. The second-order valence-corrected chi connectivity index (χ2v) is 1.13. The van der Waals surface area contributed by atoms with Crippen LogP contribution in [0.4, 0.5) is 0 Å². The maximum absolute atomic E-state index is 9.65. The highest BCUT2D eigenvalue weighted by atomic mass is 16.4. The van der Waals surface area contributed by atoms with Crippen molar-refractivity contribution in [3.05, 3.63) is 0 Å². The molecule has 0 aromatic carbocycles. The number of carbonyl (C=O) groups is 1. The van der Waals surface area contributed by atoms with Crippen LogP contribution < -0.4 is 5.73 Å². The molecule has 0 spiro atoms. The zero-order chi connectivity index (χ0) is 5.86. The highest BCUT2D eigenvalue weighted by Crippen LogP contribution is 1.71. The summed E-state index contributed by atoms with van der Waals surface area (Å²) in [6.07, 6.45) is 0. The van der Waals surface area contributed by atoms with Gasteiger partial charge in [0, 0.05) is 0 Å². The maximum atomic E-state index is 9.65. The Kier molecular flexibility index (Phi) is 2.32. The van der Waals surface area contributed by atoms with Gasteiger partial charge in [-0.15, -0.1) is 0 Å². The monoisotopic (exact) mass is 104 g/mol. The number of hydrogen-bond acceptors (Lipinski definition) is 3. The van der Waals surface area contributed by atoms with E-state index in [1.807, 2.05) is 0 Å². The van der Waals surface area contributed by atoms with Crippen LogP contribution in [-0.2, 0) is 4.79 Å². The Morgan fingerprint density at radius 1 is 1.86 bits per heavy atom. The standard InChI is InChI=1S/C3H7NO3/c4-2(1-5)3(6)7/h2,5H,1,4H2,(H,6,7)/i1-1. The highest BCUT2D eigenvalue weighted by molar-refractivity contribution is 5.73. The summed E-state index contributed by atoms with van der Waals surface area (Å²) in [5.41, 5.74) is 4.77. The Hall–Kier alpha value is -0.610. The van der Waals surface area contributed by atoms with Crippen LogP contribution in [0, 0.1) is 0 Å². The van der Waals surface area contributed by atoms with Crippen LogP contribution in [-0.4, -0.2) is 28.8 Å². The fourth-order valence-corrected chi connectivity index (χ4v) is 0.0781. The summed E-state index contributed by atoms with van der Waals surface area (Å²) in [7, 11) is 0. The molecule has 0 heterocycles. The van der Waals surface area contributed by atoms with Crippen LogP contribution in [0.3, 0.4) is 0 Å². The van der Waals surface area contributed by atoms with E-state index >= 15 is 0 Å². The zero-order valence-electron chi connectivity index (χ0n) is 3.66. The van der Waals surface area contributed by atoms with Crippen molar-refractivity contribution in [2.45, 2.75) is 6.04 Å². The van der Waals surface area contributed by atoms with Crippen molar-refractivity contribution in [1.29, 1.82) is 0 Å². The predicted molar refractivity (Wildman–Crippen MR) is 22.7 cm³/mol. The molecule has 0 aliphatic rings. The van der Waals surface area contributed by atoms with Gasteiger partial charge in [0.25, 0.3) is 0 Å². The van der Waals surface area contributed by atoms with Gasteiger partial charge >= 0.3 is 5.97 Å². The van der Waals surface area contributed by atoms with Gasteiger partial charge in [-0.1, -0.05) is 0 Å². The summed E-state index contributed by atoms with van der Waals surface area (Å²) in [5.74, 6) is -1.18. The molecule has 0 amide bonds. The van der Waals surface area contributed by atoms with Crippen molar-refractivity contribution < 1.29 is 15.0 Å². The summed E-state index contributed by atoms with van der Waals surface area (Å²) in [6, 6.07) is -1.13. The van der Waals surface area contributed by atoms with E-state index in [4.69, 9.17) is 15.9 Å². The van der Waals surface area contributed by atoms with E-state index in [1.165, 1.54) is 0 Å². The number of carboxylic acid groups (broad SMARTS) is 1. The Labute approximate surface area is 40.6 Å². The van der Waals surface area contributed by atoms with Gasteiger partial charge in [0.1, 0.15) is 6.04 Å². The number of aliphatic carboxylic acids is 1. The van der Waals surface area contributed by atoms with Crippen molar-refractivity contribution >= 4 is 5.97 Å². The largest absolute Gasteiger partial charge is 0.480 e. The Morgan fingerprint density at radius 3 is 2.29 bits per heavy atom. The number of nitrogens with two attached hydrogens (primary N) is 1. The summed E-state index contributed by atoms with van der Waals surface area (Å²) >= 11 is 0. The van der Waals surface area contributed by atoms with Gasteiger partial charge in [-0.3, -0.25) is 4.79 Å². The fourth-order valence-electron chi connectivity index (χ4n) is 0.0781. The summed E-state index contributed by atoms with van der Waals surface area (Å²) in [6.45, 7) is -0.505. The minimum atomic E-state index is -1.18. The van der Waals surface area contributed by atoms with Gasteiger partial charge in [-0.25, -0.2) is 0 Å². The number of hydrogen-bond donors (Lipinski definition) is 3. The van der Waals surface area contributed by atoms with E-state index < -0.39 is 18.6 Å². The third-order valence-electron chi connectivity index (χ3n) is 0.514. The van der Waals surface area contributed by atoms with E-state index in [-0.39, 0.29) is 0 Å². The molecule has 7 heavy (non-hydrogen) atoms. The number of aliphatic hydroxyl groups excluding tert-OH is 1. The van der Waals surface area contributed by atoms with Gasteiger partial charge < -0.3 is 15.9 Å². The average molecular weight is 104 g/mol. The van der Waals surface area contributed by atoms with Crippen molar-refractivity contribution in [2.24, 2.45) is 5.73 Å². The molecule has 0 aromatic rings. The lowest BCUT2D eigenvalue weighted by Gasteiger charge is -1.96. The Bertz CT molecular complexity index is 72.6. The first-order chi connectivity index (χ1) is 3.18. The van der Waals surface area contributed by atoms with Gasteiger partial charge in [0.15, 0.2) is 0 Å². The third kappa shape index (κ3) is 2.13. The molecule has 1 atom stereocenters. The molecule has 0 saturated carbocycles. The fraction of sp³-hybridized carbons (Fsp3) is 0.667. The molecule has 0 aliphatic heterocycles. The van der Waals surface area contributed by atoms with Crippen molar-refractivity contribution in [2.75, 3.05) is 6.61 Å². The first-order valence-electron chi connectivity index (χ1n) is 1.77. The molecule has 0 aromatic heterocycles. The first-order valence-corrected chi connectivity index (χ1v) is 1.77. The SMILES string of the molecule is NC([11CH2]O)C(=O)O. The van der Waals surface area contributed by atoms with E-state index in [1.54, 1.807) is 0 Å². The van der Waals surface area contributed by atoms with Crippen LogP contribution in [0.2, 0.25) is 0 Å². The smallest absolute Gasteiger partial charge is 0.322 e. The van der Waals surface area contributed by atoms with E-state index in [9.17, 15) is 4.79 Å². The first kappa shape index (κ1) is 6.39. The molecule has 0 aliphatic carbocycles. The van der Waals surface area contributed by atoms with Crippen LogP contribution in [0.25, 0.3) is 0 Å². The number of carboxylic acids is 1. The van der Waals surface area contributed by atoms with Gasteiger partial charge in [0.2, 0.25) is 0 Å². The maximum Gasteiger partial charge on any atom is 0.322 e. The molecule has 0 saturated heterocycles. The summed E-state index contributed by atoms with van der Waals surface area (Å²) < 4.78 is 0. The average Bonchev–Trinajstić information content (AvgIpc) is 1.65. The molecule has 4 heteroatoms. The molecule has 0 rings (SSSR count). The Morgan fingerprint density at radius 2 is 2.29 bits per heavy atom. The lowest BCUT2D eigenvalue weighted by molar-refractivity contribution is -0.139. The van der Waals surface area contributed by atoms with Gasteiger partial charge in [-0.05, 0) is 0 Å². The second kappa shape index (κ2) is 2.54. The molecule has 4 N–H and O–H groups in total. The molecule has 0 radical (unpaired) electrons. The van der Waals surface area contributed by atoms with Crippen LogP contribution >= 0.6 is 0 Å². The lowest BCUT2D eigenvalue weighted by Crippen LogP contribution is -2.33. The number of rotatable bonds is 2. The topological polar surface area (TPSA) is 83.5 Å². The van der Waals surface area contributed by atoms with Crippen LogP contribution in [0.5, 0.6) is 0 Å². The second-order valence-electron chi connectivity index (χ2n) is 1.13.